The standard InChI is InChI=1S/C17H26N2O.2C17H26O.C15H24N4O.C15H23N3O.C14H21NO.C13H21N3.C13H23N3/c1-13(20)19-10-8-15(9-11-19)18-16-7-5-6-14(12-16)17(2,3)4;2*1-13-12-18-9-8-15(13)10-14-6-5-7-16(11-14)17(2,3)4;1-11(20)19-7-5-12(6-8-19)18-14-9-13(15(2,3)4)16-10-17-14;1-11(19)18-6-5-12(9-18)7-13-8-14(15(2,3)4)17-10-16-13;1-14(2,3)13-7-12(8-15-9-13)6-11-4-5-16-10-11;1-13(2,3)12-7-11(15-9-16-12)6-10-4-5-14-8-10;1-13(2,3)11-6-7-14-12(10-11)15-8-9-16(4)5/h5-7,12,15,18H,8-11H2,1-4H3;2*5-7,11,13,15H,8-10,12H2,1-4H3;9-10,12H,5-8H2,1-4H3,(H,16,17,18);8,10,12H,5-7,9H2,1-4H3;7-9,11H,4-6,10H2,1-3H3;7,9-10,14H,4-6,8H2,1-3H3;6-7,10H,8-9H2,1-5H3,(H,14,15)/t;2*13-,15?;;;;;/m.10...../s1. The molecule has 790 valence electrons. The molecular weight excluding hydrogens is 1770 g/mol. The van der Waals surface area contributed by atoms with Gasteiger partial charge in [-0.1, -0.05) is 247 Å². The first kappa shape index (κ1) is 119. The predicted octanol–water partition coefficient (Wildman–Crippen LogP) is 23.4. The lowest BCUT2D eigenvalue weighted by Gasteiger charge is -2.32. The van der Waals surface area contributed by atoms with Crippen LogP contribution in [0, 0.1) is 41.4 Å². The first-order chi connectivity index (χ1) is 67.0. The number of amides is 3. The molecule has 7 aliphatic rings. The number of hydrogen-bond acceptors (Lipinski definition) is 19. The van der Waals surface area contributed by atoms with Crippen LogP contribution in [0.1, 0.15) is 332 Å². The molecule has 12 heterocycles. The number of piperidine rings is 2. The zero-order valence-electron chi connectivity index (χ0n) is 94.6. The van der Waals surface area contributed by atoms with E-state index in [1.54, 1.807) is 39.8 Å². The van der Waals surface area contributed by atoms with E-state index in [1.807, 2.05) is 39.4 Å². The summed E-state index contributed by atoms with van der Waals surface area (Å²) in [6.07, 6.45) is 26.3. The number of carbonyl (C=O) groups excluding carboxylic acids is 3. The van der Waals surface area contributed by atoms with Gasteiger partial charge < -0.3 is 55.1 Å². The summed E-state index contributed by atoms with van der Waals surface area (Å²) >= 11 is 0. The fraction of sp³-hybridized carbons (Fsp3) is 0.645. The number of ether oxygens (including phenoxy) is 3. The summed E-state index contributed by atoms with van der Waals surface area (Å²) in [6, 6.07) is 40.6. The molecule has 7 saturated heterocycles. The van der Waals surface area contributed by atoms with Crippen molar-refractivity contribution >= 4 is 35.0 Å². The highest BCUT2D eigenvalue weighted by atomic mass is 16.5. The summed E-state index contributed by atoms with van der Waals surface area (Å²) in [7, 11) is 4.14. The Morgan fingerprint density at radius 3 is 1.27 bits per heavy atom. The second kappa shape index (κ2) is 55.5. The van der Waals surface area contributed by atoms with Crippen LogP contribution in [0.25, 0.3) is 0 Å². The van der Waals surface area contributed by atoms with Crippen LogP contribution in [-0.4, -0.2) is 208 Å². The minimum atomic E-state index is 0.0252. The third kappa shape index (κ3) is 43.0. The Kier molecular flexibility index (Phi) is 46.2. The molecule has 7 aliphatic heterocycles. The third-order valence-electron chi connectivity index (χ3n) is 28.6. The van der Waals surface area contributed by atoms with E-state index in [-0.39, 0.29) is 61.0 Å². The normalized spacial score (nSPS) is 19.8. The average Bonchev–Trinajstić information content (AvgIpc) is 1.55. The summed E-state index contributed by atoms with van der Waals surface area (Å²) in [5.41, 5.74) is 19.2. The molecule has 7 fully saturated rings. The number of benzene rings is 3. The Hall–Kier alpha value is -9.19. The Morgan fingerprint density at radius 1 is 0.392 bits per heavy atom. The smallest absolute Gasteiger partial charge is 0.219 e. The molecule has 5 unspecified atom stereocenters. The maximum Gasteiger partial charge on any atom is 0.219 e. The van der Waals surface area contributed by atoms with Crippen molar-refractivity contribution in [2.75, 3.05) is 135 Å². The van der Waals surface area contributed by atoms with Crippen LogP contribution in [0.15, 0.2) is 147 Å². The van der Waals surface area contributed by atoms with Gasteiger partial charge in [-0.05, 0) is 266 Å². The van der Waals surface area contributed by atoms with Crippen molar-refractivity contribution in [2.24, 2.45) is 41.4 Å². The van der Waals surface area contributed by atoms with Crippen molar-refractivity contribution in [3.05, 3.63) is 220 Å². The van der Waals surface area contributed by atoms with E-state index in [0.717, 1.165) is 209 Å². The average molecular weight is 1960 g/mol. The van der Waals surface area contributed by atoms with Crippen molar-refractivity contribution in [3.8, 4) is 0 Å². The van der Waals surface area contributed by atoms with Crippen molar-refractivity contribution in [1.82, 2.24) is 64.8 Å². The van der Waals surface area contributed by atoms with Gasteiger partial charge in [-0.15, -0.1) is 0 Å². The van der Waals surface area contributed by atoms with E-state index in [9.17, 15) is 14.4 Å². The number of hydrogen-bond donors (Lipinski definition) is 4. The molecule has 5 aromatic heterocycles. The number of pyridine rings is 2. The molecule has 8 aromatic rings. The van der Waals surface area contributed by atoms with Crippen LogP contribution >= 0.6 is 0 Å². The largest absolute Gasteiger partial charge is 0.382 e. The van der Waals surface area contributed by atoms with Gasteiger partial charge >= 0.3 is 0 Å². The SMILES string of the molecule is CC(=O)N1CCC(Cc2cc(C(C)(C)C)ncn2)C1.CC(=O)N1CCC(Nc2cc(C(C)(C)C)ncn2)CC1.CC(=O)N1CCC(Nc2cccc(C(C)(C)C)c2)CC1.CC(C)(C)c1cc(CC2CCNC2)ncn1.CC(C)(C)c1cncc(CC2CCOC2)c1.CN(C)CCNc1cc(C(C)(C)C)ccn1.C[C@@H]1COCCC1Cc1cccc(C(C)(C)C)c1.C[C@H]1COCCC1Cc1cccc(C(C)(C)C)c1. The van der Waals surface area contributed by atoms with E-state index >= 15 is 0 Å². The lowest BCUT2D eigenvalue weighted by Crippen LogP contribution is -2.41. The zero-order chi connectivity index (χ0) is 105. The first-order valence-electron chi connectivity index (χ1n) is 53.8. The molecule has 0 radical (unpaired) electrons. The maximum absolute atomic E-state index is 11.3. The predicted molar refractivity (Wildman–Crippen MR) is 593 cm³/mol. The minimum absolute atomic E-state index is 0.0252. The Balaban J connectivity index is 0.000000200. The molecule has 15 rings (SSSR count). The van der Waals surface area contributed by atoms with Crippen LogP contribution in [-0.2, 0) is 104 Å². The number of anilines is 3. The van der Waals surface area contributed by atoms with Gasteiger partial charge in [0.1, 0.15) is 30.6 Å². The van der Waals surface area contributed by atoms with Gasteiger partial charge in [-0.25, -0.2) is 34.9 Å². The molecule has 4 N–H and O–H groups in total. The molecule has 0 saturated carbocycles. The van der Waals surface area contributed by atoms with Crippen molar-refractivity contribution in [2.45, 2.75) is 346 Å². The molecule has 0 aliphatic carbocycles. The summed E-state index contributed by atoms with van der Waals surface area (Å²) in [5, 5.41) is 13.8. The molecular formula is C121H190N16O6. The fourth-order valence-corrected chi connectivity index (χ4v) is 18.5. The van der Waals surface area contributed by atoms with E-state index in [1.165, 1.54) is 94.4 Å². The number of nitrogens with one attached hydrogen (secondary N) is 4. The highest BCUT2D eigenvalue weighted by molar-refractivity contribution is 5.74. The van der Waals surface area contributed by atoms with Crippen molar-refractivity contribution in [3.63, 3.8) is 0 Å². The fourth-order valence-electron chi connectivity index (χ4n) is 18.5. The van der Waals surface area contributed by atoms with E-state index < -0.39 is 0 Å². The second-order valence-electron chi connectivity index (χ2n) is 50.1. The number of aromatic nitrogens is 8. The van der Waals surface area contributed by atoms with Gasteiger partial charge in [0, 0.05) is 194 Å². The number of likely N-dealkylation sites (N-methyl/N-ethyl adjacent to an activating group) is 1. The quantitative estimate of drug-likeness (QED) is 0.0624. The molecule has 22 heteroatoms. The molecule has 143 heavy (non-hydrogen) atoms. The highest BCUT2D eigenvalue weighted by Crippen LogP contribution is 2.35. The minimum Gasteiger partial charge on any atom is -0.382 e. The van der Waals surface area contributed by atoms with Gasteiger partial charge in [0.25, 0.3) is 0 Å². The maximum atomic E-state index is 11.3. The lowest BCUT2D eigenvalue weighted by molar-refractivity contribution is -0.130. The van der Waals surface area contributed by atoms with Crippen LogP contribution < -0.4 is 21.3 Å². The van der Waals surface area contributed by atoms with Gasteiger partial charge in [-0.2, -0.15) is 0 Å². The number of likely N-dealkylation sites (tertiary alicyclic amines) is 3. The molecule has 0 spiro atoms. The highest BCUT2D eigenvalue weighted by Gasteiger charge is 2.31. The molecule has 3 amide bonds. The number of rotatable bonds is 18. The molecule has 22 nitrogen and oxygen atoms in total. The number of nitrogens with zero attached hydrogens (tertiary/aromatic N) is 12. The Bertz CT molecular complexity index is 4870. The first-order valence-corrected chi connectivity index (χ1v) is 53.8. The van der Waals surface area contributed by atoms with Gasteiger partial charge in [-0.3, -0.25) is 19.4 Å². The van der Waals surface area contributed by atoms with Crippen LogP contribution in [0.5, 0.6) is 0 Å². The summed E-state index contributed by atoms with van der Waals surface area (Å²) in [4.78, 5) is 76.6. The molecule has 3 aromatic carbocycles. The Labute approximate surface area is 865 Å². The molecule has 0 bridgehead atoms. The lowest BCUT2D eigenvalue weighted by atomic mass is 9.82. The summed E-state index contributed by atoms with van der Waals surface area (Å²) < 4.78 is 16.5. The van der Waals surface area contributed by atoms with Gasteiger partial charge in [0.05, 0.1) is 5.69 Å². The third-order valence-corrected chi connectivity index (χ3v) is 28.6. The van der Waals surface area contributed by atoms with Crippen molar-refractivity contribution in [1.29, 1.82) is 0 Å². The van der Waals surface area contributed by atoms with Gasteiger partial charge in [0.15, 0.2) is 0 Å². The van der Waals surface area contributed by atoms with Crippen LogP contribution in [0.4, 0.5) is 17.3 Å². The van der Waals surface area contributed by atoms with Crippen LogP contribution in [0.3, 0.4) is 0 Å². The van der Waals surface area contributed by atoms with E-state index in [4.69, 9.17) is 14.2 Å². The summed E-state index contributed by atoms with van der Waals surface area (Å²) in [6.45, 7) is 77.7. The topological polar surface area (TPSA) is 243 Å². The van der Waals surface area contributed by atoms with Crippen molar-refractivity contribution < 1.29 is 28.6 Å². The number of carbonyl (C=O) groups is 3. The van der Waals surface area contributed by atoms with Crippen LogP contribution in [0.2, 0.25) is 0 Å². The van der Waals surface area contributed by atoms with Gasteiger partial charge in [0.2, 0.25) is 17.7 Å². The molecule has 7 atom stereocenters. The van der Waals surface area contributed by atoms with E-state index in [0.29, 0.717) is 35.8 Å². The second-order valence-corrected chi connectivity index (χ2v) is 50.1. The Morgan fingerprint density at radius 2 is 0.825 bits per heavy atom. The summed E-state index contributed by atoms with van der Waals surface area (Å²) in [5.74, 6) is 7.32. The van der Waals surface area contributed by atoms with E-state index in [2.05, 4.69) is 363 Å². The monoisotopic (exact) mass is 1960 g/mol. The zero-order valence-corrected chi connectivity index (χ0v) is 94.6.